The Hall–Kier alpha value is -1.81. The van der Waals surface area contributed by atoms with Crippen LogP contribution in [-0.4, -0.2) is 60.2 Å². The molecule has 10 heteroatoms. The maximum atomic E-state index is 12.6. The Morgan fingerprint density at radius 3 is 2.76 bits per heavy atom. The van der Waals surface area contributed by atoms with E-state index in [1.807, 2.05) is 0 Å². The Morgan fingerprint density at radius 1 is 1.44 bits per heavy atom. The number of thioether (sulfide) groups is 2. The number of H-pyrrole nitrogens is 1. The van der Waals surface area contributed by atoms with Crippen LogP contribution in [0, 0.1) is 6.92 Å². The van der Waals surface area contributed by atoms with Crippen LogP contribution in [0.4, 0.5) is 0 Å². The van der Waals surface area contributed by atoms with Crippen molar-refractivity contribution in [3.63, 3.8) is 0 Å². The molecule has 0 unspecified atom stereocenters. The lowest BCUT2D eigenvalue weighted by atomic mass is 10.1. The molecule has 0 radical (unpaired) electrons. The number of aromatic nitrogens is 3. The molecule has 134 valence electrons. The first kappa shape index (κ1) is 18.0. The molecule has 0 aromatic carbocycles. The van der Waals surface area contributed by atoms with Crippen molar-refractivity contribution in [2.45, 2.75) is 43.8 Å². The van der Waals surface area contributed by atoms with Gasteiger partial charge in [-0.25, -0.2) is 9.78 Å². The van der Waals surface area contributed by atoms with E-state index >= 15 is 0 Å². The number of nitrogens with zero attached hydrogens (tertiary/aromatic N) is 3. The summed E-state index contributed by atoms with van der Waals surface area (Å²) in [6.07, 6.45) is 0. The van der Waals surface area contributed by atoms with E-state index in [0.29, 0.717) is 22.5 Å². The van der Waals surface area contributed by atoms with Gasteiger partial charge in [0, 0.05) is 11.5 Å². The number of fused-ring (bicyclic) bond motifs is 1. The molecule has 25 heavy (non-hydrogen) atoms. The normalized spacial score (nSPS) is 20.5. The predicted octanol–water partition coefficient (Wildman–Crippen LogP) is 1.29. The molecule has 0 aliphatic carbocycles. The van der Waals surface area contributed by atoms with E-state index in [9.17, 15) is 14.4 Å². The fraction of sp³-hybridized carbons (Fsp3) is 0.533. The number of carbonyl (C=O) groups is 3. The minimum absolute atomic E-state index is 0.183. The van der Waals surface area contributed by atoms with Crippen molar-refractivity contribution in [3.05, 3.63) is 17.1 Å². The second kappa shape index (κ2) is 6.49. The smallest absolute Gasteiger partial charge is 0.355 e. The van der Waals surface area contributed by atoms with E-state index in [1.54, 1.807) is 27.7 Å². The Labute approximate surface area is 153 Å². The lowest BCUT2D eigenvalue weighted by molar-refractivity contribution is -0.161. The molecule has 0 saturated carbocycles. The van der Waals surface area contributed by atoms with Crippen LogP contribution in [0.5, 0.6) is 0 Å². The van der Waals surface area contributed by atoms with E-state index in [-0.39, 0.29) is 5.70 Å². The monoisotopic (exact) mass is 382 g/mol. The zero-order chi connectivity index (χ0) is 18.4. The van der Waals surface area contributed by atoms with Gasteiger partial charge >= 0.3 is 5.97 Å². The molecular weight excluding hydrogens is 364 g/mol. The van der Waals surface area contributed by atoms with Gasteiger partial charge in [-0.2, -0.15) is 0 Å². The van der Waals surface area contributed by atoms with Crippen LogP contribution in [0.25, 0.3) is 0 Å². The highest BCUT2D eigenvalue weighted by Crippen LogP contribution is 2.40. The summed E-state index contributed by atoms with van der Waals surface area (Å²) in [5.74, 6) is -0.100. The van der Waals surface area contributed by atoms with Crippen molar-refractivity contribution in [2.75, 3.05) is 11.5 Å². The number of hydrogen-bond acceptors (Lipinski definition) is 8. The number of carbonyl (C=O) groups excluding carboxylic acids is 3. The van der Waals surface area contributed by atoms with E-state index in [1.165, 1.54) is 28.4 Å². The lowest BCUT2D eigenvalue weighted by Gasteiger charge is -2.43. The summed E-state index contributed by atoms with van der Waals surface area (Å²) in [6, 6.07) is 0. The van der Waals surface area contributed by atoms with Gasteiger partial charge in [0.15, 0.2) is 5.37 Å². The first-order valence-electron chi connectivity index (χ1n) is 7.63. The summed E-state index contributed by atoms with van der Waals surface area (Å²) in [4.78, 5) is 41.8. The van der Waals surface area contributed by atoms with Crippen molar-refractivity contribution in [1.29, 1.82) is 0 Å². The highest BCUT2D eigenvalue weighted by Gasteiger charge is 2.53. The number of Topliss-reactive ketones (excluding diaryl/α,β-unsaturated/α-hetero) is 1. The van der Waals surface area contributed by atoms with Gasteiger partial charge < -0.3 is 4.74 Å². The van der Waals surface area contributed by atoms with Gasteiger partial charge in [0.25, 0.3) is 11.7 Å². The third-order valence-electron chi connectivity index (χ3n) is 3.42. The standard InChI is InChI=1S/C15H18N4O4S2/c1-7-16-14(18-17-7)25-6-8-5-24-12-10(20)11(21)19(12)9(8)13(22)23-15(2,3)4/h12H,5-6H2,1-4H3,(H,16,17,18)/t12-/m1/s1. The molecule has 0 bridgehead atoms. The summed E-state index contributed by atoms with van der Waals surface area (Å²) >= 11 is 2.70. The molecule has 1 atom stereocenters. The second-order valence-corrected chi connectivity index (χ2v) is 8.66. The summed E-state index contributed by atoms with van der Waals surface area (Å²) in [7, 11) is 0. The minimum Gasteiger partial charge on any atom is -0.455 e. The van der Waals surface area contributed by atoms with Crippen LogP contribution in [-0.2, 0) is 19.1 Å². The largest absolute Gasteiger partial charge is 0.455 e. The van der Waals surface area contributed by atoms with E-state index in [4.69, 9.17) is 4.74 Å². The van der Waals surface area contributed by atoms with Crippen molar-refractivity contribution in [1.82, 2.24) is 20.1 Å². The third-order valence-corrected chi connectivity index (χ3v) is 5.61. The zero-order valence-electron chi connectivity index (χ0n) is 14.3. The number of β-lactam (4-membered cyclic amide) rings is 1. The fourth-order valence-electron chi connectivity index (χ4n) is 2.39. The Balaban J connectivity index is 1.87. The van der Waals surface area contributed by atoms with Gasteiger partial charge in [-0.3, -0.25) is 19.6 Å². The van der Waals surface area contributed by atoms with Crippen molar-refractivity contribution in [3.8, 4) is 0 Å². The number of aryl methyl sites for hydroxylation is 1. The quantitative estimate of drug-likeness (QED) is 0.359. The highest BCUT2D eigenvalue weighted by atomic mass is 32.2. The second-order valence-electron chi connectivity index (χ2n) is 6.65. The van der Waals surface area contributed by atoms with Crippen molar-refractivity contribution < 1.29 is 19.1 Å². The molecule has 1 fully saturated rings. The molecule has 0 spiro atoms. The molecule has 1 saturated heterocycles. The summed E-state index contributed by atoms with van der Waals surface area (Å²) < 4.78 is 5.44. The number of ketones is 1. The number of rotatable bonds is 4. The number of ether oxygens (including phenoxy) is 1. The average molecular weight is 382 g/mol. The highest BCUT2D eigenvalue weighted by molar-refractivity contribution is 8.01. The third kappa shape index (κ3) is 3.59. The molecule has 2 aliphatic heterocycles. The van der Waals surface area contributed by atoms with Crippen molar-refractivity contribution >= 4 is 41.2 Å². The first-order chi connectivity index (χ1) is 11.7. The topological polar surface area (TPSA) is 105 Å². The Morgan fingerprint density at radius 2 is 2.16 bits per heavy atom. The van der Waals surface area contributed by atoms with Gasteiger partial charge in [0.1, 0.15) is 17.1 Å². The molecular formula is C15H18N4O4S2. The van der Waals surface area contributed by atoms with Crippen LogP contribution in [0.2, 0.25) is 0 Å². The maximum Gasteiger partial charge on any atom is 0.355 e. The molecule has 1 amide bonds. The first-order valence-corrected chi connectivity index (χ1v) is 9.67. The van der Waals surface area contributed by atoms with Crippen LogP contribution in [0.1, 0.15) is 26.6 Å². The molecule has 2 aliphatic rings. The van der Waals surface area contributed by atoms with E-state index in [2.05, 4.69) is 15.2 Å². The van der Waals surface area contributed by atoms with Crippen LogP contribution >= 0.6 is 23.5 Å². The molecule has 3 rings (SSSR count). The van der Waals surface area contributed by atoms with Crippen LogP contribution in [0.3, 0.4) is 0 Å². The molecule has 1 aromatic heterocycles. The Kier molecular flexibility index (Phi) is 4.67. The average Bonchev–Trinajstić information content (AvgIpc) is 2.95. The minimum atomic E-state index is -0.693. The van der Waals surface area contributed by atoms with E-state index in [0.717, 1.165) is 5.57 Å². The van der Waals surface area contributed by atoms with Crippen molar-refractivity contribution in [2.24, 2.45) is 0 Å². The number of aromatic amines is 1. The predicted molar refractivity (Wildman–Crippen MR) is 92.8 cm³/mol. The maximum absolute atomic E-state index is 12.6. The molecule has 8 nitrogen and oxygen atoms in total. The summed E-state index contributed by atoms with van der Waals surface area (Å²) in [6.45, 7) is 7.07. The molecule has 1 N–H and O–H groups in total. The van der Waals surface area contributed by atoms with E-state index < -0.39 is 28.6 Å². The number of nitrogens with one attached hydrogen (secondary N) is 1. The van der Waals surface area contributed by atoms with Gasteiger partial charge in [-0.15, -0.1) is 16.9 Å². The zero-order valence-corrected chi connectivity index (χ0v) is 15.9. The summed E-state index contributed by atoms with van der Waals surface area (Å²) in [5, 5.41) is 6.75. The lowest BCUT2D eigenvalue weighted by Crippen LogP contribution is -2.62. The van der Waals surface area contributed by atoms with Gasteiger partial charge in [-0.1, -0.05) is 11.8 Å². The van der Waals surface area contributed by atoms with Gasteiger partial charge in [0.05, 0.1) is 0 Å². The number of hydrogen-bond donors (Lipinski definition) is 1. The summed E-state index contributed by atoms with van der Waals surface area (Å²) in [5.41, 5.74) is 0.230. The number of esters is 1. The molecule has 1 aromatic rings. The van der Waals surface area contributed by atoms with Crippen LogP contribution in [0.15, 0.2) is 16.4 Å². The Bertz CT molecular complexity index is 781. The SMILES string of the molecule is Cc1nc(SCC2=C(C(=O)OC(C)(C)C)N3C(=O)C(=O)[C@H]3SC2)n[nH]1. The van der Waals surface area contributed by atoms with Gasteiger partial charge in [-0.05, 0) is 33.3 Å². The van der Waals surface area contributed by atoms with Gasteiger partial charge in [0.2, 0.25) is 5.16 Å². The van der Waals surface area contributed by atoms with Crippen LogP contribution < -0.4 is 0 Å². The molecule has 3 heterocycles. The number of amides is 1. The fourth-order valence-corrected chi connectivity index (χ4v) is 4.57.